The zero-order valence-corrected chi connectivity index (χ0v) is 15.9. The van der Waals surface area contributed by atoms with Crippen LogP contribution in [0.4, 0.5) is 0 Å². The molecule has 0 spiro atoms. The van der Waals surface area contributed by atoms with E-state index in [2.05, 4.69) is 50.0 Å². The van der Waals surface area contributed by atoms with Crippen LogP contribution in [-0.4, -0.2) is 27.4 Å². The lowest BCUT2D eigenvalue weighted by molar-refractivity contribution is 0.0601. The van der Waals surface area contributed by atoms with Crippen molar-refractivity contribution >= 4 is 22.6 Å². The predicted molar refractivity (Wildman–Crippen MR) is 106 cm³/mol. The molecule has 4 aromatic rings. The molecule has 0 atom stereocenters. The van der Waals surface area contributed by atoms with E-state index in [0.29, 0.717) is 5.56 Å². The minimum Gasteiger partial charge on any atom is -0.465 e. The normalized spacial score (nSPS) is 11.9. The van der Waals surface area contributed by atoms with Crippen LogP contribution in [-0.2, 0) is 10.2 Å². The molecule has 2 aromatic carbocycles. The van der Waals surface area contributed by atoms with Crippen LogP contribution < -0.4 is 0 Å². The molecular formula is C22H21N3O2. The van der Waals surface area contributed by atoms with E-state index < -0.39 is 0 Å². The molecule has 0 aliphatic carbocycles. The van der Waals surface area contributed by atoms with Crippen molar-refractivity contribution in [1.82, 2.24) is 14.4 Å². The van der Waals surface area contributed by atoms with Crippen LogP contribution in [0.3, 0.4) is 0 Å². The van der Waals surface area contributed by atoms with E-state index >= 15 is 0 Å². The van der Waals surface area contributed by atoms with Crippen molar-refractivity contribution < 1.29 is 9.53 Å². The SMILES string of the molecule is COC(=O)c1ccc2c(c1)nc(-c1ccc(C(C)(C)C)cc1)c1nccn12. The maximum Gasteiger partial charge on any atom is 0.337 e. The summed E-state index contributed by atoms with van der Waals surface area (Å²) in [4.78, 5) is 21.2. The smallest absolute Gasteiger partial charge is 0.337 e. The molecule has 0 unspecified atom stereocenters. The lowest BCUT2D eigenvalue weighted by Crippen LogP contribution is -2.10. The van der Waals surface area contributed by atoms with Crippen LogP contribution in [0.1, 0.15) is 36.7 Å². The van der Waals surface area contributed by atoms with E-state index in [1.807, 2.05) is 16.7 Å². The summed E-state index contributed by atoms with van der Waals surface area (Å²) < 4.78 is 6.83. The highest BCUT2D eigenvalue weighted by atomic mass is 16.5. The number of fused-ring (bicyclic) bond motifs is 3. The lowest BCUT2D eigenvalue weighted by Gasteiger charge is -2.19. The Morgan fingerprint density at radius 1 is 1.07 bits per heavy atom. The number of benzene rings is 2. The maximum absolute atomic E-state index is 11.9. The van der Waals surface area contributed by atoms with Crippen LogP contribution in [0.15, 0.2) is 54.9 Å². The molecule has 27 heavy (non-hydrogen) atoms. The number of carbonyl (C=O) groups excluding carboxylic acids is 1. The number of nitrogens with zero attached hydrogens (tertiary/aromatic N) is 3. The van der Waals surface area contributed by atoms with Gasteiger partial charge in [0.05, 0.1) is 23.7 Å². The van der Waals surface area contributed by atoms with Crippen molar-refractivity contribution in [3.05, 3.63) is 66.0 Å². The summed E-state index contributed by atoms with van der Waals surface area (Å²) in [5.74, 6) is -0.375. The Kier molecular flexibility index (Phi) is 3.95. The van der Waals surface area contributed by atoms with Crippen LogP contribution in [0, 0.1) is 0 Å². The third-order valence-electron chi connectivity index (χ3n) is 4.77. The average molecular weight is 359 g/mol. The standard InChI is InChI=1S/C22H21N3O2/c1-22(2,3)16-8-5-14(6-9-16)19-20-23-11-12-25(20)18-10-7-15(21(26)27-4)13-17(18)24-19/h5-13H,1-4H3. The summed E-state index contributed by atoms with van der Waals surface area (Å²) in [7, 11) is 1.38. The van der Waals surface area contributed by atoms with Gasteiger partial charge in [-0.1, -0.05) is 45.0 Å². The highest BCUT2D eigenvalue weighted by Gasteiger charge is 2.16. The van der Waals surface area contributed by atoms with Crippen LogP contribution >= 0.6 is 0 Å². The molecular weight excluding hydrogens is 338 g/mol. The first-order valence-electron chi connectivity index (χ1n) is 8.84. The van der Waals surface area contributed by atoms with E-state index in [0.717, 1.165) is 27.9 Å². The molecule has 0 saturated heterocycles. The van der Waals surface area contributed by atoms with E-state index in [4.69, 9.17) is 9.72 Å². The van der Waals surface area contributed by atoms with Gasteiger partial charge in [-0.05, 0) is 29.2 Å². The van der Waals surface area contributed by atoms with Gasteiger partial charge in [0.25, 0.3) is 0 Å². The fourth-order valence-electron chi connectivity index (χ4n) is 3.23. The Balaban J connectivity index is 1.93. The number of hydrogen-bond acceptors (Lipinski definition) is 4. The van der Waals surface area contributed by atoms with Gasteiger partial charge in [-0.15, -0.1) is 0 Å². The van der Waals surface area contributed by atoms with Crippen molar-refractivity contribution in [3.8, 4) is 11.3 Å². The minimum atomic E-state index is -0.375. The van der Waals surface area contributed by atoms with Gasteiger partial charge in [0.2, 0.25) is 0 Å². The molecule has 0 aliphatic heterocycles. The topological polar surface area (TPSA) is 56.5 Å². The summed E-state index contributed by atoms with van der Waals surface area (Å²) in [6, 6.07) is 13.8. The second-order valence-electron chi connectivity index (χ2n) is 7.60. The van der Waals surface area contributed by atoms with Gasteiger partial charge < -0.3 is 4.74 Å². The minimum absolute atomic E-state index is 0.0907. The van der Waals surface area contributed by atoms with Gasteiger partial charge in [0.1, 0.15) is 5.69 Å². The van der Waals surface area contributed by atoms with Crippen LogP contribution in [0.25, 0.3) is 27.9 Å². The third-order valence-corrected chi connectivity index (χ3v) is 4.77. The van der Waals surface area contributed by atoms with E-state index in [1.165, 1.54) is 12.7 Å². The molecule has 4 rings (SSSR count). The number of imidazole rings is 1. The molecule has 2 heterocycles. The molecule has 0 N–H and O–H groups in total. The molecule has 2 aromatic heterocycles. The number of hydrogen-bond donors (Lipinski definition) is 0. The van der Waals surface area contributed by atoms with Crippen LogP contribution in [0.2, 0.25) is 0 Å². The summed E-state index contributed by atoms with van der Waals surface area (Å²) in [6.07, 6.45) is 3.67. The number of rotatable bonds is 2. The van der Waals surface area contributed by atoms with Gasteiger partial charge >= 0.3 is 5.97 Å². The zero-order valence-electron chi connectivity index (χ0n) is 15.9. The predicted octanol–water partition coefficient (Wildman–Crippen LogP) is 4.63. The Labute approximate surface area is 157 Å². The average Bonchev–Trinajstić information content (AvgIpc) is 3.15. The first-order chi connectivity index (χ1) is 12.9. The molecule has 5 heteroatoms. The van der Waals surface area contributed by atoms with Gasteiger partial charge in [-0.3, -0.25) is 4.40 Å². The summed E-state index contributed by atoms with van der Waals surface area (Å²) in [6.45, 7) is 6.58. The molecule has 0 fully saturated rings. The van der Waals surface area contributed by atoms with Crippen molar-refractivity contribution in [2.75, 3.05) is 7.11 Å². The fourth-order valence-corrected chi connectivity index (χ4v) is 3.23. The quantitative estimate of drug-likeness (QED) is 0.490. The highest BCUT2D eigenvalue weighted by Crippen LogP contribution is 2.29. The maximum atomic E-state index is 11.9. The summed E-state index contributed by atoms with van der Waals surface area (Å²) in [5.41, 5.74) is 6.01. The molecule has 0 saturated carbocycles. The monoisotopic (exact) mass is 359 g/mol. The van der Waals surface area contributed by atoms with Crippen LogP contribution in [0.5, 0.6) is 0 Å². The number of ether oxygens (including phenoxy) is 1. The first-order valence-corrected chi connectivity index (χ1v) is 8.84. The van der Waals surface area contributed by atoms with Gasteiger partial charge in [-0.25, -0.2) is 14.8 Å². The second-order valence-corrected chi connectivity index (χ2v) is 7.60. The summed E-state index contributed by atoms with van der Waals surface area (Å²) >= 11 is 0. The number of methoxy groups -OCH3 is 1. The zero-order chi connectivity index (χ0) is 19.2. The van der Waals surface area contributed by atoms with E-state index in [9.17, 15) is 4.79 Å². The highest BCUT2D eigenvalue weighted by molar-refractivity contribution is 5.95. The molecule has 136 valence electrons. The van der Waals surface area contributed by atoms with Crippen molar-refractivity contribution in [3.63, 3.8) is 0 Å². The Bertz CT molecular complexity index is 1150. The molecule has 0 radical (unpaired) electrons. The molecule has 0 aliphatic rings. The second kappa shape index (κ2) is 6.20. The Morgan fingerprint density at radius 3 is 2.48 bits per heavy atom. The van der Waals surface area contributed by atoms with Gasteiger partial charge in [0, 0.05) is 18.0 Å². The Hall–Kier alpha value is -3.21. The van der Waals surface area contributed by atoms with Gasteiger partial charge in [-0.2, -0.15) is 0 Å². The third kappa shape index (κ3) is 2.95. The number of carbonyl (C=O) groups is 1. The van der Waals surface area contributed by atoms with Gasteiger partial charge in [0.15, 0.2) is 5.65 Å². The number of aromatic nitrogens is 3. The van der Waals surface area contributed by atoms with E-state index in [1.54, 1.807) is 18.3 Å². The summed E-state index contributed by atoms with van der Waals surface area (Å²) in [5, 5.41) is 0. The first kappa shape index (κ1) is 17.2. The van der Waals surface area contributed by atoms with Crippen molar-refractivity contribution in [1.29, 1.82) is 0 Å². The number of esters is 1. The van der Waals surface area contributed by atoms with Crippen molar-refractivity contribution in [2.45, 2.75) is 26.2 Å². The molecule has 0 amide bonds. The molecule has 5 nitrogen and oxygen atoms in total. The molecule has 0 bridgehead atoms. The lowest BCUT2D eigenvalue weighted by atomic mass is 9.86. The Morgan fingerprint density at radius 2 is 1.81 bits per heavy atom. The van der Waals surface area contributed by atoms with E-state index in [-0.39, 0.29) is 11.4 Å². The largest absolute Gasteiger partial charge is 0.465 e. The fraction of sp³-hybridized carbons (Fsp3) is 0.227. The van der Waals surface area contributed by atoms with Crippen molar-refractivity contribution in [2.24, 2.45) is 0 Å².